The van der Waals surface area contributed by atoms with Gasteiger partial charge in [-0.25, -0.2) is 4.98 Å². The zero-order chi connectivity index (χ0) is 18.4. The molecule has 1 aromatic heterocycles. The predicted octanol–water partition coefficient (Wildman–Crippen LogP) is 2.23. The molecule has 0 aliphatic carbocycles. The molecule has 2 aliphatic rings. The van der Waals surface area contributed by atoms with Crippen LogP contribution in [0.1, 0.15) is 28.8 Å². The van der Waals surface area contributed by atoms with Gasteiger partial charge >= 0.3 is 0 Å². The van der Waals surface area contributed by atoms with E-state index in [9.17, 15) is 4.79 Å². The molecule has 1 amide bonds. The average molecular weight is 361 g/mol. The lowest BCUT2D eigenvalue weighted by atomic mass is 9.82. The number of piperidine rings is 1. The van der Waals surface area contributed by atoms with Gasteiger partial charge in [0.05, 0.1) is 16.6 Å². The second-order valence-electron chi connectivity index (χ2n) is 7.50. The average Bonchev–Trinajstić information content (AvgIpc) is 2.98. The Kier molecular flexibility index (Phi) is 3.68. The number of hydrogen-bond acceptors (Lipinski definition) is 4. The molecule has 0 unspecified atom stereocenters. The van der Waals surface area contributed by atoms with Crippen LogP contribution in [-0.4, -0.2) is 35.1 Å². The number of nitrogens with one attached hydrogen (secondary N) is 1. The van der Waals surface area contributed by atoms with E-state index in [0.717, 1.165) is 49.5 Å². The Morgan fingerprint density at radius 3 is 2.56 bits per heavy atom. The van der Waals surface area contributed by atoms with Gasteiger partial charge in [0, 0.05) is 31.7 Å². The van der Waals surface area contributed by atoms with Crippen molar-refractivity contribution >= 4 is 22.9 Å². The van der Waals surface area contributed by atoms with Crippen LogP contribution in [0, 0.1) is 0 Å². The summed E-state index contributed by atoms with van der Waals surface area (Å²) >= 11 is 0. The molecular formula is C21H23N5O. The van der Waals surface area contributed by atoms with Crippen LogP contribution in [-0.2, 0) is 12.1 Å². The van der Waals surface area contributed by atoms with Crippen LogP contribution in [0.15, 0.2) is 48.5 Å². The number of aromatic nitrogens is 2. The van der Waals surface area contributed by atoms with Crippen LogP contribution in [0.3, 0.4) is 0 Å². The Morgan fingerprint density at radius 2 is 1.78 bits per heavy atom. The van der Waals surface area contributed by atoms with E-state index in [4.69, 9.17) is 10.7 Å². The van der Waals surface area contributed by atoms with Gasteiger partial charge in [0.15, 0.2) is 0 Å². The number of benzene rings is 2. The van der Waals surface area contributed by atoms with Crippen molar-refractivity contribution in [2.24, 2.45) is 5.73 Å². The quantitative estimate of drug-likeness (QED) is 0.734. The monoisotopic (exact) mass is 361 g/mol. The number of imidazole rings is 1. The molecule has 1 saturated heterocycles. The van der Waals surface area contributed by atoms with Crippen LogP contribution < -0.4 is 16.0 Å². The van der Waals surface area contributed by atoms with Crippen LogP contribution in [0.4, 0.5) is 5.95 Å². The number of nitrogens with zero attached hydrogens (tertiary/aromatic N) is 3. The lowest BCUT2D eigenvalue weighted by Crippen LogP contribution is -2.48. The highest BCUT2D eigenvalue weighted by atomic mass is 16.1. The van der Waals surface area contributed by atoms with Crippen molar-refractivity contribution in [2.75, 3.05) is 24.5 Å². The van der Waals surface area contributed by atoms with E-state index in [1.54, 1.807) is 0 Å². The standard InChI is InChI=1S/C21H23N5O/c22-21(15-5-2-1-3-6-15)9-12-25(13-10-21)20-24-17-8-4-7-16-18(17)26(20)14-11-23-19(16)27/h1-8H,9-14,22H2,(H,23,27). The number of carbonyl (C=O) groups excluding carboxylic acids is 1. The summed E-state index contributed by atoms with van der Waals surface area (Å²) in [4.78, 5) is 19.5. The summed E-state index contributed by atoms with van der Waals surface area (Å²) in [6, 6.07) is 16.1. The number of para-hydroxylation sites is 1. The number of rotatable bonds is 2. The van der Waals surface area contributed by atoms with Gasteiger partial charge in [-0.2, -0.15) is 0 Å². The summed E-state index contributed by atoms with van der Waals surface area (Å²) in [5.41, 5.74) is 10.2. The Bertz CT molecular complexity index is 1000. The zero-order valence-electron chi connectivity index (χ0n) is 15.2. The van der Waals surface area contributed by atoms with Crippen molar-refractivity contribution in [1.29, 1.82) is 0 Å². The first-order valence-corrected chi connectivity index (χ1v) is 9.52. The topological polar surface area (TPSA) is 76.2 Å². The number of anilines is 1. The second kappa shape index (κ2) is 6.09. The number of carbonyl (C=O) groups is 1. The molecule has 0 radical (unpaired) electrons. The molecule has 0 atom stereocenters. The summed E-state index contributed by atoms with van der Waals surface area (Å²) in [5, 5.41) is 2.98. The summed E-state index contributed by atoms with van der Waals surface area (Å²) in [6.45, 7) is 3.05. The normalized spacial score (nSPS) is 19.0. The molecule has 3 heterocycles. The molecule has 0 spiro atoms. The van der Waals surface area contributed by atoms with E-state index in [1.165, 1.54) is 5.56 Å². The first-order valence-electron chi connectivity index (χ1n) is 9.52. The number of hydrogen-bond donors (Lipinski definition) is 2. The second-order valence-corrected chi connectivity index (χ2v) is 7.50. The van der Waals surface area contributed by atoms with Crippen molar-refractivity contribution in [2.45, 2.75) is 24.9 Å². The minimum atomic E-state index is -0.286. The van der Waals surface area contributed by atoms with Gasteiger partial charge in [-0.1, -0.05) is 36.4 Å². The third-order valence-electron chi connectivity index (χ3n) is 5.90. The van der Waals surface area contributed by atoms with Gasteiger partial charge in [0.1, 0.15) is 0 Å². The van der Waals surface area contributed by atoms with Crippen LogP contribution in [0.2, 0.25) is 0 Å². The van der Waals surface area contributed by atoms with Crippen LogP contribution >= 0.6 is 0 Å². The third-order valence-corrected chi connectivity index (χ3v) is 5.90. The predicted molar refractivity (Wildman–Crippen MR) is 106 cm³/mol. The van der Waals surface area contributed by atoms with Gasteiger partial charge in [-0.3, -0.25) is 4.79 Å². The lowest BCUT2D eigenvalue weighted by molar-refractivity contribution is 0.0956. The lowest BCUT2D eigenvalue weighted by Gasteiger charge is -2.40. The van der Waals surface area contributed by atoms with E-state index < -0.39 is 0 Å². The molecule has 2 aromatic carbocycles. The van der Waals surface area contributed by atoms with Gasteiger partial charge in [-0.15, -0.1) is 0 Å². The summed E-state index contributed by atoms with van der Waals surface area (Å²) in [6.07, 6.45) is 1.76. The van der Waals surface area contributed by atoms with Crippen molar-refractivity contribution < 1.29 is 4.79 Å². The summed E-state index contributed by atoms with van der Waals surface area (Å²) in [7, 11) is 0. The molecule has 2 aliphatic heterocycles. The van der Waals surface area contributed by atoms with E-state index in [2.05, 4.69) is 39.0 Å². The molecule has 138 valence electrons. The van der Waals surface area contributed by atoms with Gasteiger partial charge < -0.3 is 20.5 Å². The fraction of sp³-hybridized carbons (Fsp3) is 0.333. The van der Waals surface area contributed by atoms with Crippen LogP contribution in [0.25, 0.3) is 11.0 Å². The van der Waals surface area contributed by atoms with E-state index in [-0.39, 0.29) is 11.4 Å². The fourth-order valence-electron chi connectivity index (χ4n) is 4.35. The molecule has 6 nitrogen and oxygen atoms in total. The minimum Gasteiger partial charge on any atom is -0.350 e. The first-order chi connectivity index (χ1) is 13.2. The highest BCUT2D eigenvalue weighted by molar-refractivity contribution is 6.06. The Labute approximate surface area is 158 Å². The maximum absolute atomic E-state index is 12.3. The van der Waals surface area contributed by atoms with Crippen molar-refractivity contribution in [3.63, 3.8) is 0 Å². The molecule has 5 rings (SSSR count). The molecule has 3 aromatic rings. The highest BCUT2D eigenvalue weighted by Crippen LogP contribution is 2.34. The Balaban J connectivity index is 1.48. The van der Waals surface area contributed by atoms with Crippen molar-refractivity contribution in [3.8, 4) is 0 Å². The van der Waals surface area contributed by atoms with Gasteiger partial charge in [-0.05, 0) is 30.5 Å². The molecule has 0 bridgehead atoms. The first kappa shape index (κ1) is 16.3. The number of nitrogens with two attached hydrogens (primary N) is 1. The third kappa shape index (κ3) is 2.59. The van der Waals surface area contributed by atoms with Crippen molar-refractivity contribution in [1.82, 2.24) is 14.9 Å². The SMILES string of the molecule is NC1(c2ccccc2)CCN(c2nc3cccc4c3n2CCNC4=O)CC1. The minimum absolute atomic E-state index is 0.0190. The van der Waals surface area contributed by atoms with E-state index in [1.807, 2.05) is 24.3 Å². The van der Waals surface area contributed by atoms with Crippen molar-refractivity contribution in [3.05, 3.63) is 59.7 Å². The van der Waals surface area contributed by atoms with Crippen LogP contribution in [0.5, 0.6) is 0 Å². The van der Waals surface area contributed by atoms with Gasteiger partial charge in [0.2, 0.25) is 5.95 Å². The highest BCUT2D eigenvalue weighted by Gasteiger charge is 2.34. The molecule has 6 heteroatoms. The maximum atomic E-state index is 12.3. The molecule has 0 saturated carbocycles. The van der Waals surface area contributed by atoms with E-state index >= 15 is 0 Å². The zero-order valence-corrected chi connectivity index (χ0v) is 15.2. The van der Waals surface area contributed by atoms with Gasteiger partial charge in [0.25, 0.3) is 5.91 Å². The maximum Gasteiger partial charge on any atom is 0.253 e. The molecular weight excluding hydrogens is 338 g/mol. The summed E-state index contributed by atoms with van der Waals surface area (Å²) < 4.78 is 2.19. The van der Waals surface area contributed by atoms with E-state index in [0.29, 0.717) is 12.1 Å². The smallest absolute Gasteiger partial charge is 0.253 e. The molecule has 1 fully saturated rings. The number of amides is 1. The Morgan fingerprint density at radius 1 is 1.00 bits per heavy atom. The fourth-order valence-corrected chi connectivity index (χ4v) is 4.35. The molecule has 3 N–H and O–H groups in total. The molecule has 27 heavy (non-hydrogen) atoms. The Hall–Kier alpha value is -2.86. The summed E-state index contributed by atoms with van der Waals surface area (Å²) in [5.74, 6) is 0.929. The largest absolute Gasteiger partial charge is 0.350 e.